The number of benzene rings is 2. The summed E-state index contributed by atoms with van der Waals surface area (Å²) in [7, 11) is 0. The molecule has 1 N–H and O–H groups in total. The molecular weight excluding hydrogens is 380 g/mol. The monoisotopic (exact) mass is 394 g/mol. The Kier molecular flexibility index (Phi) is 4.01. The summed E-state index contributed by atoms with van der Waals surface area (Å²) < 4.78 is 6.21. The summed E-state index contributed by atoms with van der Waals surface area (Å²) in [5, 5.41) is 2.01. The zero-order valence-corrected chi connectivity index (χ0v) is 15.1. The van der Waals surface area contributed by atoms with Crippen LogP contribution in [0, 0.1) is 0 Å². The Morgan fingerprint density at radius 3 is 2.72 bits per heavy atom. The summed E-state index contributed by atoms with van der Waals surface area (Å²) in [5.41, 5.74) is 3.95. The Labute approximate surface area is 153 Å². The van der Waals surface area contributed by atoms with Crippen LogP contribution >= 0.6 is 15.9 Å². The van der Waals surface area contributed by atoms with E-state index in [-0.39, 0.29) is 0 Å². The molecule has 0 aliphatic rings. The van der Waals surface area contributed by atoms with Crippen LogP contribution in [-0.4, -0.2) is 22.5 Å². The molecule has 2 aromatic heterocycles. The number of hydrogen-bond donors (Lipinski definition) is 1. The van der Waals surface area contributed by atoms with Crippen LogP contribution in [0.25, 0.3) is 32.9 Å². The molecule has 5 heteroatoms. The highest BCUT2D eigenvalue weighted by Gasteiger charge is 2.21. The second-order valence-corrected chi connectivity index (χ2v) is 6.59. The fourth-order valence-corrected chi connectivity index (χ4v) is 3.46. The van der Waals surface area contributed by atoms with Crippen molar-refractivity contribution >= 4 is 43.7 Å². The van der Waals surface area contributed by atoms with Crippen molar-refractivity contribution in [3.63, 3.8) is 0 Å². The smallest absolute Gasteiger partial charge is 0.357 e. The second-order valence-electron chi connectivity index (χ2n) is 5.67. The Balaban J connectivity index is 2.14. The van der Waals surface area contributed by atoms with Gasteiger partial charge in [0, 0.05) is 26.3 Å². The average Bonchev–Trinajstić information content (AvgIpc) is 2.99. The number of esters is 1. The minimum atomic E-state index is -0.410. The number of H-pyrrole nitrogens is 1. The van der Waals surface area contributed by atoms with Crippen molar-refractivity contribution in [3.8, 4) is 11.1 Å². The van der Waals surface area contributed by atoms with Gasteiger partial charge in [0.15, 0.2) is 5.69 Å². The van der Waals surface area contributed by atoms with Gasteiger partial charge in [0.25, 0.3) is 0 Å². The first-order chi connectivity index (χ1) is 12.2. The first kappa shape index (κ1) is 15.8. The van der Waals surface area contributed by atoms with Crippen molar-refractivity contribution in [3.05, 3.63) is 64.9 Å². The summed E-state index contributed by atoms with van der Waals surface area (Å²) in [4.78, 5) is 20.3. The third kappa shape index (κ3) is 2.70. The maximum atomic E-state index is 12.5. The van der Waals surface area contributed by atoms with Crippen LogP contribution in [0.5, 0.6) is 0 Å². The van der Waals surface area contributed by atoms with E-state index in [2.05, 4.69) is 32.0 Å². The molecule has 0 spiro atoms. The molecule has 2 aromatic carbocycles. The zero-order chi connectivity index (χ0) is 17.4. The van der Waals surface area contributed by atoms with Gasteiger partial charge in [-0.2, -0.15) is 0 Å². The van der Waals surface area contributed by atoms with Gasteiger partial charge in [-0.3, -0.25) is 0 Å². The third-order valence-electron chi connectivity index (χ3n) is 4.13. The number of carbonyl (C=O) groups is 1. The van der Waals surface area contributed by atoms with Gasteiger partial charge in [-0.05, 0) is 30.7 Å². The zero-order valence-electron chi connectivity index (χ0n) is 13.5. The summed E-state index contributed by atoms with van der Waals surface area (Å²) in [6, 6.07) is 15.9. The molecule has 0 amide bonds. The number of fused-ring (bicyclic) bond motifs is 3. The molecule has 0 bridgehead atoms. The Morgan fingerprint density at radius 1 is 1.16 bits per heavy atom. The topological polar surface area (TPSA) is 55.0 Å². The largest absolute Gasteiger partial charge is 0.461 e. The first-order valence-electron chi connectivity index (χ1n) is 8.01. The lowest BCUT2D eigenvalue weighted by molar-refractivity contribution is 0.0520. The van der Waals surface area contributed by atoms with E-state index in [4.69, 9.17) is 4.74 Å². The number of aromatic nitrogens is 2. The summed E-state index contributed by atoms with van der Waals surface area (Å²) >= 11 is 3.53. The van der Waals surface area contributed by atoms with Crippen molar-refractivity contribution in [2.75, 3.05) is 6.61 Å². The normalized spacial score (nSPS) is 11.1. The van der Waals surface area contributed by atoms with E-state index in [9.17, 15) is 4.79 Å². The molecule has 2 heterocycles. The predicted octanol–water partition coefficient (Wildman–Crippen LogP) is 5.32. The maximum absolute atomic E-state index is 12.5. The predicted molar refractivity (Wildman–Crippen MR) is 103 cm³/mol. The summed E-state index contributed by atoms with van der Waals surface area (Å²) in [5.74, 6) is -0.410. The van der Waals surface area contributed by atoms with E-state index in [1.165, 1.54) is 0 Å². The number of halogens is 1. The minimum absolute atomic E-state index is 0.312. The summed E-state index contributed by atoms with van der Waals surface area (Å²) in [6.45, 7) is 2.10. The molecule has 0 aliphatic heterocycles. The van der Waals surface area contributed by atoms with Crippen LogP contribution in [0.3, 0.4) is 0 Å². The van der Waals surface area contributed by atoms with Gasteiger partial charge in [0.05, 0.1) is 18.3 Å². The van der Waals surface area contributed by atoms with E-state index in [1.54, 1.807) is 13.1 Å². The van der Waals surface area contributed by atoms with Crippen LogP contribution in [-0.2, 0) is 4.74 Å². The molecule has 0 unspecified atom stereocenters. The highest BCUT2D eigenvalue weighted by atomic mass is 79.9. The number of carbonyl (C=O) groups excluding carboxylic acids is 1. The van der Waals surface area contributed by atoms with E-state index >= 15 is 0 Å². The number of aromatic amines is 1. The minimum Gasteiger partial charge on any atom is -0.461 e. The molecule has 0 fully saturated rings. The van der Waals surface area contributed by atoms with Crippen LogP contribution < -0.4 is 0 Å². The number of pyridine rings is 1. The third-order valence-corrected chi connectivity index (χ3v) is 4.62. The van der Waals surface area contributed by atoms with Crippen LogP contribution in [0.4, 0.5) is 0 Å². The standard InChI is InChI=1S/C20H15BrN2O2/c1-2-25-20(24)19-17(12-6-4-3-5-7-12)18-14-10-13(21)8-9-15(14)23-16(18)11-22-19/h3-11,23H,2H2,1H3. The van der Waals surface area contributed by atoms with Gasteiger partial charge in [0.1, 0.15) is 0 Å². The second kappa shape index (κ2) is 6.33. The Bertz CT molecular complexity index is 1090. The molecule has 0 saturated heterocycles. The number of hydrogen-bond acceptors (Lipinski definition) is 3. The van der Waals surface area contributed by atoms with Gasteiger partial charge in [-0.15, -0.1) is 0 Å². The quantitative estimate of drug-likeness (QED) is 0.478. The fraction of sp³-hybridized carbons (Fsp3) is 0.100. The Morgan fingerprint density at radius 2 is 1.96 bits per heavy atom. The van der Waals surface area contributed by atoms with E-state index in [1.807, 2.05) is 42.5 Å². The molecule has 0 atom stereocenters. The molecule has 4 aromatic rings. The fourth-order valence-electron chi connectivity index (χ4n) is 3.10. The van der Waals surface area contributed by atoms with Crippen LogP contribution in [0.1, 0.15) is 17.4 Å². The molecule has 0 radical (unpaired) electrons. The van der Waals surface area contributed by atoms with Gasteiger partial charge in [0.2, 0.25) is 0 Å². The molecular formula is C20H15BrN2O2. The molecule has 124 valence electrons. The Hall–Kier alpha value is -2.66. The van der Waals surface area contributed by atoms with Crippen molar-refractivity contribution in [2.45, 2.75) is 6.92 Å². The van der Waals surface area contributed by atoms with E-state index in [0.717, 1.165) is 37.4 Å². The molecule has 4 rings (SSSR count). The molecule has 0 aliphatic carbocycles. The van der Waals surface area contributed by atoms with Crippen molar-refractivity contribution in [1.82, 2.24) is 9.97 Å². The highest BCUT2D eigenvalue weighted by Crippen LogP contribution is 2.37. The molecule has 25 heavy (non-hydrogen) atoms. The van der Waals surface area contributed by atoms with Crippen molar-refractivity contribution in [2.24, 2.45) is 0 Å². The SMILES string of the molecule is CCOC(=O)c1ncc2[nH]c3ccc(Br)cc3c2c1-c1ccccc1. The van der Waals surface area contributed by atoms with E-state index in [0.29, 0.717) is 12.3 Å². The van der Waals surface area contributed by atoms with Crippen LogP contribution in [0.2, 0.25) is 0 Å². The summed E-state index contributed by atoms with van der Waals surface area (Å²) in [6.07, 6.45) is 1.70. The molecule has 0 saturated carbocycles. The lowest BCUT2D eigenvalue weighted by atomic mass is 9.98. The van der Waals surface area contributed by atoms with E-state index < -0.39 is 5.97 Å². The van der Waals surface area contributed by atoms with Crippen molar-refractivity contribution < 1.29 is 9.53 Å². The number of nitrogens with one attached hydrogen (secondary N) is 1. The first-order valence-corrected chi connectivity index (χ1v) is 8.81. The van der Waals surface area contributed by atoms with Gasteiger partial charge < -0.3 is 9.72 Å². The van der Waals surface area contributed by atoms with Crippen LogP contribution in [0.15, 0.2) is 59.2 Å². The van der Waals surface area contributed by atoms with Gasteiger partial charge >= 0.3 is 5.97 Å². The lowest BCUT2D eigenvalue weighted by Gasteiger charge is -2.10. The molecule has 4 nitrogen and oxygen atoms in total. The number of ether oxygens (including phenoxy) is 1. The number of nitrogens with zero attached hydrogens (tertiary/aromatic N) is 1. The maximum Gasteiger partial charge on any atom is 0.357 e. The van der Waals surface area contributed by atoms with Crippen molar-refractivity contribution in [1.29, 1.82) is 0 Å². The van der Waals surface area contributed by atoms with Gasteiger partial charge in [-0.1, -0.05) is 46.3 Å². The highest BCUT2D eigenvalue weighted by molar-refractivity contribution is 9.10. The average molecular weight is 395 g/mol. The number of rotatable bonds is 3. The lowest BCUT2D eigenvalue weighted by Crippen LogP contribution is -2.09. The van der Waals surface area contributed by atoms with Gasteiger partial charge in [-0.25, -0.2) is 9.78 Å².